The Kier molecular flexibility index (Phi) is 2.28. The first-order valence-corrected chi connectivity index (χ1v) is 4.13. The lowest BCUT2D eigenvalue weighted by Gasteiger charge is -2.31. The van der Waals surface area contributed by atoms with E-state index in [0.717, 1.165) is 6.42 Å². The van der Waals surface area contributed by atoms with E-state index in [0.29, 0.717) is 9.92 Å². The second-order valence-corrected chi connectivity index (χ2v) is 4.42. The normalized spacial score (nSPS) is 27.8. The molecule has 2 atom stereocenters. The molecule has 0 bridgehead atoms. The summed E-state index contributed by atoms with van der Waals surface area (Å²) in [6, 6.07) is 0. The minimum atomic E-state index is 0.00617. The molecule has 1 nitrogen and oxygen atoms in total. The van der Waals surface area contributed by atoms with Crippen molar-refractivity contribution in [3.8, 4) is 0 Å². The van der Waals surface area contributed by atoms with Crippen molar-refractivity contribution < 1.29 is 4.00 Å². The van der Waals surface area contributed by atoms with Crippen molar-refractivity contribution in [2.75, 3.05) is 14.1 Å². The second-order valence-electron chi connectivity index (χ2n) is 3.10. The molecule has 0 aromatic heterocycles. The van der Waals surface area contributed by atoms with Crippen LogP contribution in [0.3, 0.4) is 0 Å². The van der Waals surface area contributed by atoms with Crippen LogP contribution in [-0.4, -0.2) is 23.6 Å². The summed E-state index contributed by atoms with van der Waals surface area (Å²) in [4.78, 5) is 0. The molecule has 58 valence electrons. The number of alkyl halides is 1. The van der Waals surface area contributed by atoms with Gasteiger partial charge in [-0.1, -0.05) is 23.8 Å². The zero-order valence-electron chi connectivity index (χ0n) is 6.22. The van der Waals surface area contributed by atoms with Crippen LogP contribution in [0.4, 0.5) is 0 Å². The topological polar surface area (TPSA) is 0 Å². The van der Waals surface area contributed by atoms with E-state index in [9.17, 15) is 0 Å². The van der Waals surface area contributed by atoms with Gasteiger partial charge in [-0.3, -0.25) is 0 Å². The van der Waals surface area contributed by atoms with Crippen LogP contribution in [0.2, 0.25) is 0 Å². The molecular weight excluding hydrogens is 169 g/mol. The maximum atomic E-state index is 6.05. The van der Waals surface area contributed by atoms with Crippen molar-refractivity contribution in [1.29, 1.82) is 0 Å². The van der Waals surface area contributed by atoms with Gasteiger partial charge in [0.2, 0.25) is 0 Å². The van der Waals surface area contributed by atoms with Crippen LogP contribution in [-0.2, 0) is 0 Å². The molecule has 0 aliphatic heterocycles. The van der Waals surface area contributed by atoms with Gasteiger partial charge in [0.1, 0.15) is 0 Å². The van der Waals surface area contributed by atoms with E-state index in [4.69, 9.17) is 23.4 Å². The van der Waals surface area contributed by atoms with Crippen molar-refractivity contribution in [3.63, 3.8) is 0 Å². The predicted molar refractivity (Wildman–Crippen MR) is 44.8 cm³/mol. The van der Waals surface area contributed by atoms with Crippen molar-refractivity contribution in [3.05, 3.63) is 12.2 Å². The van der Waals surface area contributed by atoms with Crippen LogP contribution in [0.1, 0.15) is 6.42 Å². The number of hydrogen-bond donors (Lipinski definition) is 0. The van der Waals surface area contributed by atoms with Gasteiger partial charge in [-0.2, -0.15) is 0 Å². The third-order valence-electron chi connectivity index (χ3n) is 1.73. The summed E-state index contributed by atoms with van der Waals surface area (Å²) in [5.41, 5.74) is 0.00617. The molecule has 0 saturated carbocycles. The average molecular weight is 181 g/mol. The Hall–Kier alpha value is 0.280. The highest BCUT2D eigenvalue weighted by atomic mass is 35.5. The smallest absolute Gasteiger partial charge is 0.187 e. The van der Waals surface area contributed by atoms with Gasteiger partial charge < -0.3 is 0 Å². The molecule has 0 fully saturated rings. The Balaban J connectivity index is 2.48. The first-order valence-electron chi connectivity index (χ1n) is 3.36. The van der Waals surface area contributed by atoms with Gasteiger partial charge in [0.25, 0.3) is 0 Å². The SMILES string of the molecule is C[N+](C)(Cl)C(Cl)C1C=CC1. The number of quaternary nitrogens is 1. The highest BCUT2D eigenvalue weighted by molar-refractivity contribution is 6.22. The summed E-state index contributed by atoms with van der Waals surface area (Å²) in [7, 11) is 3.79. The van der Waals surface area contributed by atoms with Crippen molar-refractivity contribution in [1.82, 2.24) is 0 Å². The van der Waals surface area contributed by atoms with Crippen LogP contribution < -0.4 is 0 Å². The van der Waals surface area contributed by atoms with Gasteiger partial charge in [0.15, 0.2) is 17.3 Å². The fourth-order valence-electron chi connectivity index (χ4n) is 0.953. The molecule has 0 spiro atoms. The molecule has 1 aliphatic rings. The van der Waals surface area contributed by atoms with Crippen LogP contribution in [0.5, 0.6) is 0 Å². The first kappa shape index (κ1) is 8.38. The lowest BCUT2D eigenvalue weighted by Crippen LogP contribution is -2.41. The monoisotopic (exact) mass is 180 g/mol. The summed E-state index contributed by atoms with van der Waals surface area (Å²) < 4.78 is 0.316. The molecule has 0 aromatic carbocycles. The highest BCUT2D eigenvalue weighted by Crippen LogP contribution is 2.31. The molecule has 10 heavy (non-hydrogen) atoms. The third kappa shape index (κ3) is 1.66. The molecule has 1 rings (SSSR count). The molecule has 0 aromatic rings. The molecule has 1 aliphatic carbocycles. The highest BCUT2D eigenvalue weighted by Gasteiger charge is 2.33. The molecule has 0 saturated heterocycles. The Morgan fingerprint density at radius 1 is 1.60 bits per heavy atom. The Morgan fingerprint density at radius 2 is 2.10 bits per heavy atom. The van der Waals surface area contributed by atoms with E-state index in [1.807, 2.05) is 14.1 Å². The van der Waals surface area contributed by atoms with E-state index < -0.39 is 0 Å². The quantitative estimate of drug-likeness (QED) is 0.265. The van der Waals surface area contributed by atoms with Crippen LogP contribution >= 0.6 is 23.4 Å². The lowest BCUT2D eigenvalue weighted by molar-refractivity contribution is -0.789. The van der Waals surface area contributed by atoms with Crippen LogP contribution in [0.15, 0.2) is 12.2 Å². The summed E-state index contributed by atoms with van der Waals surface area (Å²) in [6.45, 7) is 0. The molecule has 0 N–H and O–H groups in total. The van der Waals surface area contributed by atoms with Crippen molar-refractivity contribution in [2.24, 2.45) is 5.92 Å². The Morgan fingerprint density at radius 3 is 2.20 bits per heavy atom. The minimum absolute atomic E-state index is 0.00617. The summed E-state index contributed by atoms with van der Waals surface area (Å²) in [5, 5.41) is 0. The van der Waals surface area contributed by atoms with Gasteiger partial charge in [0.05, 0.1) is 14.1 Å². The Labute approximate surface area is 71.9 Å². The third-order valence-corrected chi connectivity index (χ3v) is 2.85. The summed E-state index contributed by atoms with van der Waals surface area (Å²) >= 11 is 12.0. The van der Waals surface area contributed by atoms with Crippen molar-refractivity contribution in [2.45, 2.75) is 11.9 Å². The fraction of sp³-hybridized carbons (Fsp3) is 0.714. The molecular formula is C7H12Cl2N+. The zero-order valence-corrected chi connectivity index (χ0v) is 7.73. The van der Waals surface area contributed by atoms with Gasteiger partial charge in [0, 0.05) is 5.92 Å². The van der Waals surface area contributed by atoms with E-state index in [2.05, 4.69) is 12.2 Å². The largest absolute Gasteiger partial charge is 0.212 e. The predicted octanol–water partition coefficient (Wildman–Crippen LogP) is 2.36. The maximum absolute atomic E-state index is 6.05. The number of halogens is 2. The van der Waals surface area contributed by atoms with Crippen LogP contribution in [0.25, 0.3) is 0 Å². The van der Waals surface area contributed by atoms with E-state index in [1.54, 1.807) is 0 Å². The summed E-state index contributed by atoms with van der Waals surface area (Å²) in [6.07, 6.45) is 5.30. The molecule has 0 heterocycles. The van der Waals surface area contributed by atoms with Crippen LogP contribution in [0, 0.1) is 5.92 Å². The summed E-state index contributed by atoms with van der Waals surface area (Å²) in [5.74, 6) is 0.467. The van der Waals surface area contributed by atoms with Gasteiger partial charge >= 0.3 is 0 Å². The number of nitrogens with zero attached hydrogens (tertiary/aromatic N) is 1. The van der Waals surface area contributed by atoms with Gasteiger partial charge in [-0.25, -0.2) is 4.00 Å². The second kappa shape index (κ2) is 2.72. The molecule has 3 heteroatoms. The number of rotatable bonds is 2. The fourth-order valence-corrected chi connectivity index (χ4v) is 1.28. The van der Waals surface area contributed by atoms with Gasteiger partial charge in [-0.05, 0) is 6.42 Å². The Bertz CT molecular complexity index is 148. The average Bonchev–Trinajstić information content (AvgIpc) is 1.57. The number of hydrogen-bond acceptors (Lipinski definition) is 0. The molecule has 0 amide bonds. The molecule has 0 radical (unpaired) electrons. The standard InChI is InChI=1S/C7H12Cl2N/c1-10(2,9)7(8)6-4-3-5-6/h3-4,6-7H,5H2,1-2H3/q+1. The van der Waals surface area contributed by atoms with E-state index in [1.165, 1.54) is 0 Å². The van der Waals surface area contributed by atoms with E-state index >= 15 is 0 Å². The minimum Gasteiger partial charge on any atom is -0.212 e. The maximum Gasteiger partial charge on any atom is 0.187 e. The molecule has 2 unspecified atom stereocenters. The van der Waals surface area contributed by atoms with E-state index in [-0.39, 0.29) is 5.50 Å². The zero-order chi connectivity index (χ0) is 7.78. The number of allylic oxidation sites excluding steroid dienone is 1. The van der Waals surface area contributed by atoms with Gasteiger partial charge in [-0.15, -0.1) is 0 Å². The van der Waals surface area contributed by atoms with Crippen molar-refractivity contribution >= 4 is 23.4 Å². The lowest BCUT2D eigenvalue weighted by atomic mass is 9.95. The first-order chi connectivity index (χ1) is 4.52.